The second-order valence-electron chi connectivity index (χ2n) is 4.68. The molecule has 0 spiro atoms. The number of hydrogen-bond acceptors (Lipinski definition) is 2. The van der Waals surface area contributed by atoms with Crippen LogP contribution in [0.5, 0.6) is 5.75 Å². The first-order chi connectivity index (χ1) is 9.20. The van der Waals surface area contributed by atoms with Crippen LogP contribution in [-0.2, 0) is 6.54 Å². The molecule has 19 heavy (non-hydrogen) atoms. The average molecular weight is 267 g/mol. The number of benzene rings is 1. The van der Waals surface area contributed by atoms with Crippen molar-refractivity contribution in [3.05, 3.63) is 41.5 Å². The Kier molecular flexibility index (Phi) is 4.91. The van der Waals surface area contributed by atoms with Crippen LogP contribution < -0.4 is 10.1 Å². The largest absolute Gasteiger partial charge is 0.480 e. The summed E-state index contributed by atoms with van der Waals surface area (Å²) in [5, 5.41) is 3.03. The molecular weight excluding hydrogens is 248 g/mol. The molecule has 2 nitrogen and oxygen atoms in total. The lowest BCUT2D eigenvalue weighted by atomic mass is 10.1. The van der Waals surface area contributed by atoms with Crippen LogP contribution in [0.2, 0.25) is 0 Å². The van der Waals surface area contributed by atoms with E-state index in [4.69, 9.17) is 4.74 Å². The third-order valence-corrected chi connectivity index (χ3v) is 3.12. The summed E-state index contributed by atoms with van der Waals surface area (Å²) < 4.78 is 33.2. The highest BCUT2D eigenvalue weighted by Crippen LogP contribution is 2.26. The molecule has 0 fully saturated rings. The van der Waals surface area contributed by atoms with Crippen molar-refractivity contribution in [1.82, 2.24) is 5.32 Å². The molecular formula is C15H19F2NO. The maximum atomic E-state index is 13.9. The summed E-state index contributed by atoms with van der Waals surface area (Å²) in [6.45, 7) is 3.15. The summed E-state index contributed by atoms with van der Waals surface area (Å²) in [5.74, 6) is -1.53. The zero-order valence-corrected chi connectivity index (χ0v) is 11.1. The first-order valence-electron chi connectivity index (χ1n) is 6.72. The van der Waals surface area contributed by atoms with Crippen molar-refractivity contribution >= 4 is 0 Å². The quantitative estimate of drug-likeness (QED) is 0.824. The fourth-order valence-electron chi connectivity index (χ4n) is 2.13. The number of nitrogens with one attached hydrogen (secondary N) is 1. The number of rotatable bonds is 5. The van der Waals surface area contributed by atoms with Crippen LogP contribution in [0.3, 0.4) is 0 Å². The summed E-state index contributed by atoms with van der Waals surface area (Å²) >= 11 is 0. The number of halogens is 2. The standard InChI is InChI=1S/C15H19F2NO/c1-2-18-10-11-8-13(16)15(14(17)9-11)19-12-6-4-3-5-7-12/h4,6,8-9,12,18H,2-3,5,7,10H2,1H3. The van der Waals surface area contributed by atoms with Gasteiger partial charge in [-0.3, -0.25) is 0 Å². The van der Waals surface area contributed by atoms with Crippen LogP contribution in [-0.4, -0.2) is 12.6 Å². The summed E-state index contributed by atoms with van der Waals surface area (Å²) in [7, 11) is 0. The van der Waals surface area contributed by atoms with E-state index in [2.05, 4.69) is 5.32 Å². The van der Waals surface area contributed by atoms with Crippen LogP contribution in [0.25, 0.3) is 0 Å². The van der Waals surface area contributed by atoms with Crippen molar-refractivity contribution in [2.75, 3.05) is 6.54 Å². The van der Waals surface area contributed by atoms with Crippen molar-refractivity contribution in [1.29, 1.82) is 0 Å². The molecule has 2 rings (SSSR count). The molecule has 0 bridgehead atoms. The van der Waals surface area contributed by atoms with Crippen LogP contribution in [0.15, 0.2) is 24.3 Å². The van der Waals surface area contributed by atoms with E-state index in [1.165, 1.54) is 12.1 Å². The van der Waals surface area contributed by atoms with Gasteiger partial charge in [0, 0.05) is 6.54 Å². The van der Waals surface area contributed by atoms with Crippen molar-refractivity contribution in [3.63, 3.8) is 0 Å². The Bertz CT molecular complexity index is 436. The zero-order valence-electron chi connectivity index (χ0n) is 11.1. The molecule has 4 heteroatoms. The molecule has 1 aliphatic carbocycles. The van der Waals surface area contributed by atoms with Gasteiger partial charge in [-0.1, -0.05) is 13.0 Å². The number of hydrogen-bond donors (Lipinski definition) is 1. The molecule has 0 amide bonds. The molecule has 0 saturated carbocycles. The van der Waals surface area contributed by atoms with Gasteiger partial charge in [0.25, 0.3) is 0 Å². The number of allylic oxidation sites excluding steroid dienone is 1. The van der Waals surface area contributed by atoms with Gasteiger partial charge >= 0.3 is 0 Å². The minimum Gasteiger partial charge on any atom is -0.480 e. The van der Waals surface area contributed by atoms with Crippen molar-refractivity contribution in [2.24, 2.45) is 0 Å². The molecule has 1 N–H and O–H groups in total. The van der Waals surface area contributed by atoms with Gasteiger partial charge in [-0.2, -0.15) is 0 Å². The molecule has 1 aliphatic rings. The minimum atomic E-state index is -0.633. The lowest BCUT2D eigenvalue weighted by Gasteiger charge is -2.19. The molecule has 0 aromatic heterocycles. The molecule has 1 atom stereocenters. The number of ether oxygens (including phenoxy) is 1. The SMILES string of the molecule is CCNCc1cc(F)c(OC2C=CCCC2)c(F)c1. The van der Waals surface area contributed by atoms with E-state index < -0.39 is 11.6 Å². The highest BCUT2D eigenvalue weighted by Gasteiger charge is 2.17. The van der Waals surface area contributed by atoms with Gasteiger partial charge < -0.3 is 10.1 Å². The minimum absolute atomic E-state index is 0.225. The highest BCUT2D eigenvalue weighted by atomic mass is 19.1. The van der Waals surface area contributed by atoms with E-state index in [0.29, 0.717) is 12.1 Å². The van der Waals surface area contributed by atoms with Crippen LogP contribution in [0.4, 0.5) is 8.78 Å². The molecule has 0 saturated heterocycles. The topological polar surface area (TPSA) is 21.3 Å². The van der Waals surface area contributed by atoms with Gasteiger partial charge in [-0.05, 0) is 49.6 Å². The molecule has 1 aromatic carbocycles. The molecule has 0 heterocycles. The van der Waals surface area contributed by atoms with Crippen LogP contribution in [0.1, 0.15) is 31.7 Å². The van der Waals surface area contributed by atoms with Crippen molar-refractivity contribution in [2.45, 2.75) is 38.8 Å². The smallest absolute Gasteiger partial charge is 0.191 e. The Labute approximate surface area is 112 Å². The van der Waals surface area contributed by atoms with E-state index in [0.717, 1.165) is 25.8 Å². The maximum absolute atomic E-state index is 13.9. The third kappa shape index (κ3) is 3.77. The molecule has 104 valence electrons. The Morgan fingerprint density at radius 2 is 2.05 bits per heavy atom. The van der Waals surface area contributed by atoms with Gasteiger partial charge in [0.05, 0.1) is 0 Å². The maximum Gasteiger partial charge on any atom is 0.191 e. The summed E-state index contributed by atoms with van der Waals surface area (Å²) in [6.07, 6.45) is 6.43. The monoisotopic (exact) mass is 267 g/mol. The van der Waals surface area contributed by atoms with Gasteiger partial charge in [0.15, 0.2) is 17.4 Å². The van der Waals surface area contributed by atoms with E-state index in [9.17, 15) is 8.78 Å². The Balaban J connectivity index is 2.11. The molecule has 1 unspecified atom stereocenters. The Morgan fingerprint density at radius 1 is 1.32 bits per heavy atom. The predicted molar refractivity (Wildman–Crippen MR) is 71.1 cm³/mol. The molecule has 0 radical (unpaired) electrons. The Hall–Kier alpha value is -1.42. The molecule has 0 aliphatic heterocycles. The third-order valence-electron chi connectivity index (χ3n) is 3.12. The second kappa shape index (κ2) is 6.66. The van der Waals surface area contributed by atoms with Gasteiger partial charge in [0.2, 0.25) is 0 Å². The van der Waals surface area contributed by atoms with Gasteiger partial charge in [0.1, 0.15) is 6.10 Å². The summed E-state index contributed by atoms with van der Waals surface area (Å²) in [5.41, 5.74) is 0.586. The van der Waals surface area contributed by atoms with Gasteiger partial charge in [-0.15, -0.1) is 0 Å². The van der Waals surface area contributed by atoms with E-state index >= 15 is 0 Å². The normalized spacial score (nSPS) is 18.6. The predicted octanol–water partition coefficient (Wildman–Crippen LogP) is 3.56. The van der Waals surface area contributed by atoms with E-state index in [1.807, 2.05) is 19.1 Å². The van der Waals surface area contributed by atoms with E-state index in [1.54, 1.807) is 0 Å². The highest BCUT2D eigenvalue weighted by molar-refractivity contribution is 5.32. The average Bonchev–Trinajstić information content (AvgIpc) is 2.42. The lowest BCUT2D eigenvalue weighted by molar-refractivity contribution is 0.209. The van der Waals surface area contributed by atoms with Crippen molar-refractivity contribution < 1.29 is 13.5 Å². The first kappa shape index (κ1) is 14.0. The molecule has 1 aromatic rings. The Morgan fingerprint density at radius 3 is 2.63 bits per heavy atom. The fraction of sp³-hybridized carbons (Fsp3) is 0.467. The van der Waals surface area contributed by atoms with Crippen molar-refractivity contribution in [3.8, 4) is 5.75 Å². The van der Waals surface area contributed by atoms with Crippen LogP contribution in [0, 0.1) is 11.6 Å². The lowest BCUT2D eigenvalue weighted by Crippen LogP contribution is -2.18. The summed E-state index contributed by atoms with van der Waals surface area (Å²) in [6, 6.07) is 2.65. The van der Waals surface area contributed by atoms with Gasteiger partial charge in [-0.25, -0.2) is 8.78 Å². The van der Waals surface area contributed by atoms with E-state index in [-0.39, 0.29) is 11.9 Å². The zero-order chi connectivity index (χ0) is 13.7. The van der Waals surface area contributed by atoms with Crippen LogP contribution >= 0.6 is 0 Å². The fourth-order valence-corrected chi connectivity index (χ4v) is 2.13. The first-order valence-corrected chi connectivity index (χ1v) is 6.72. The summed E-state index contributed by atoms with van der Waals surface area (Å²) in [4.78, 5) is 0. The second-order valence-corrected chi connectivity index (χ2v) is 4.68.